The van der Waals surface area contributed by atoms with Crippen LogP contribution < -0.4 is 0 Å². The fraction of sp³-hybridized carbons (Fsp3) is 0.250. The van der Waals surface area contributed by atoms with E-state index in [1.807, 2.05) is 19.1 Å². The maximum atomic E-state index is 13.1. The molecule has 1 aliphatic rings. The van der Waals surface area contributed by atoms with E-state index < -0.39 is 21.5 Å². The van der Waals surface area contributed by atoms with Gasteiger partial charge in [0.2, 0.25) is 0 Å². The van der Waals surface area contributed by atoms with E-state index in [4.69, 9.17) is 18.6 Å². The predicted octanol–water partition coefficient (Wildman–Crippen LogP) is 8.08. The van der Waals surface area contributed by atoms with Gasteiger partial charge in [0.05, 0.1) is 0 Å². The molecule has 4 rings (SSSR count). The minimum atomic E-state index is -2.76. The molecule has 0 saturated heterocycles. The third-order valence-corrected chi connectivity index (χ3v) is 9.59. The van der Waals surface area contributed by atoms with Gasteiger partial charge in [0.1, 0.15) is 0 Å². The molecule has 0 aliphatic heterocycles. The number of allylic oxidation sites excluding steroid dienone is 1. The van der Waals surface area contributed by atoms with Crippen LogP contribution >= 0.6 is 18.6 Å². The first kappa shape index (κ1) is 24.3. The van der Waals surface area contributed by atoms with Gasteiger partial charge >= 0.3 is 212 Å². The Kier molecular flexibility index (Phi) is 7.51. The van der Waals surface area contributed by atoms with Gasteiger partial charge < -0.3 is 0 Å². The van der Waals surface area contributed by atoms with Crippen molar-refractivity contribution in [2.45, 2.75) is 45.1 Å². The molecule has 3 aromatic rings. The van der Waals surface area contributed by atoms with Crippen LogP contribution in [0.3, 0.4) is 0 Å². The summed E-state index contributed by atoms with van der Waals surface area (Å²) in [6, 6.07) is 27.5. The van der Waals surface area contributed by atoms with E-state index in [1.165, 1.54) is 27.8 Å². The van der Waals surface area contributed by atoms with E-state index in [9.17, 15) is 4.79 Å². The summed E-state index contributed by atoms with van der Waals surface area (Å²) in [5.41, 5.74) is 6.62. The van der Waals surface area contributed by atoms with E-state index in [1.54, 1.807) is 3.38 Å². The summed E-state index contributed by atoms with van der Waals surface area (Å²) in [7, 11) is 13.1. The third kappa shape index (κ3) is 4.72. The first-order valence-electron chi connectivity index (χ1n) is 11.3. The summed E-state index contributed by atoms with van der Waals surface area (Å²) in [6.07, 6.45) is 3.51. The summed E-state index contributed by atoms with van der Waals surface area (Å²) < 4.78 is 1.78. The van der Waals surface area contributed by atoms with Crippen LogP contribution in [-0.4, -0.2) is 9.29 Å². The van der Waals surface area contributed by atoms with Gasteiger partial charge in [0.15, 0.2) is 0 Å². The number of halogens is 2. The zero-order chi connectivity index (χ0) is 23.6. The van der Waals surface area contributed by atoms with Crippen LogP contribution in [0.25, 0.3) is 11.6 Å². The second kappa shape index (κ2) is 10.2. The monoisotopic (exact) mass is 512 g/mol. The minimum absolute atomic E-state index is 0.0305. The Labute approximate surface area is 211 Å². The Bertz CT molecular complexity index is 1170. The van der Waals surface area contributed by atoms with Crippen LogP contribution in [-0.2, 0) is 26.3 Å². The topological polar surface area (TPSA) is 20.3 Å². The van der Waals surface area contributed by atoms with Crippen LogP contribution in [0.5, 0.6) is 0 Å². The van der Waals surface area contributed by atoms with Gasteiger partial charge in [0.25, 0.3) is 0 Å². The van der Waals surface area contributed by atoms with E-state index in [0.717, 1.165) is 12.0 Å². The fourth-order valence-corrected chi connectivity index (χ4v) is 8.75. The van der Waals surface area contributed by atoms with Crippen molar-refractivity contribution in [1.82, 2.24) is 3.38 Å². The van der Waals surface area contributed by atoms with Gasteiger partial charge in [-0.15, -0.1) is 0 Å². The summed E-state index contributed by atoms with van der Waals surface area (Å²) in [6.45, 7) is 6.15. The fourth-order valence-electron chi connectivity index (χ4n) is 4.91. The molecular formula is C28H28Cl2NOTi. The second-order valence-corrected chi connectivity index (χ2v) is 14.1. The Morgan fingerprint density at radius 3 is 2.18 bits per heavy atom. The molecule has 1 atom stereocenters. The number of benzene rings is 3. The molecule has 1 amide bonds. The number of amides is 1. The van der Waals surface area contributed by atoms with Crippen LogP contribution in [0.1, 0.15) is 67.3 Å². The molecule has 0 fully saturated rings. The average molecular weight is 513 g/mol. The standard InChI is InChI=1S/C28H29NO.2ClH.Ti/c1-4-12-26(30)29-28(2,3)25-18-11-10-17-23(25)27-22-16-9-8-15-21(22)19-24(27)20-13-6-5-7-14-20;;;/h5-11,13-19,27H,4,12H2,1-3H3,(H,29,30);2*1H;/q;;;+3/p-3. The molecule has 3 aromatic carbocycles. The van der Waals surface area contributed by atoms with Crippen molar-refractivity contribution in [3.8, 4) is 0 Å². The van der Waals surface area contributed by atoms with Crippen molar-refractivity contribution in [2.75, 3.05) is 0 Å². The van der Waals surface area contributed by atoms with E-state index in [-0.39, 0.29) is 11.8 Å². The zero-order valence-electron chi connectivity index (χ0n) is 19.2. The number of fused-ring (bicyclic) bond motifs is 1. The normalized spacial score (nSPS) is 15.1. The van der Waals surface area contributed by atoms with Gasteiger partial charge in [-0.3, -0.25) is 0 Å². The van der Waals surface area contributed by atoms with Gasteiger partial charge in [-0.05, 0) is 0 Å². The molecule has 5 heteroatoms. The predicted molar refractivity (Wildman–Crippen MR) is 136 cm³/mol. The number of hydrogen-bond acceptors (Lipinski definition) is 1. The molecule has 0 heterocycles. The van der Waals surface area contributed by atoms with Gasteiger partial charge in [-0.1, -0.05) is 0 Å². The molecule has 0 radical (unpaired) electrons. The molecule has 33 heavy (non-hydrogen) atoms. The third-order valence-electron chi connectivity index (χ3n) is 6.41. The molecule has 0 saturated carbocycles. The van der Waals surface area contributed by atoms with Crippen molar-refractivity contribution in [2.24, 2.45) is 0 Å². The number of nitrogens with zero attached hydrogens (tertiary/aromatic N) is 1. The Morgan fingerprint density at radius 1 is 0.909 bits per heavy atom. The van der Waals surface area contributed by atoms with Crippen molar-refractivity contribution < 1.29 is 20.8 Å². The Balaban J connectivity index is 1.89. The molecule has 0 bridgehead atoms. The molecule has 1 aliphatic carbocycles. The molecule has 169 valence electrons. The van der Waals surface area contributed by atoms with E-state index >= 15 is 0 Å². The van der Waals surface area contributed by atoms with E-state index in [0.29, 0.717) is 6.42 Å². The molecule has 1 unspecified atom stereocenters. The molecule has 0 spiro atoms. The molecule has 0 N–H and O–H groups in total. The SMILES string of the molecule is CCCC(=O)[N]([Ti]([Cl])[Cl])C(C)(C)c1ccccc1C1C(c2ccccc2)=Cc2ccccc21. The first-order valence-corrected chi connectivity index (χ1v) is 16.3. The van der Waals surface area contributed by atoms with Crippen molar-refractivity contribution >= 4 is 36.2 Å². The maximum absolute atomic E-state index is 13.1. The number of carbonyl (C=O) groups is 1. The summed E-state index contributed by atoms with van der Waals surface area (Å²) in [5, 5.41) is 0. The van der Waals surface area contributed by atoms with Gasteiger partial charge in [-0.25, -0.2) is 0 Å². The van der Waals surface area contributed by atoms with Crippen LogP contribution in [0.2, 0.25) is 0 Å². The van der Waals surface area contributed by atoms with Crippen LogP contribution in [0.15, 0.2) is 78.9 Å². The zero-order valence-corrected chi connectivity index (χ0v) is 22.3. The van der Waals surface area contributed by atoms with E-state index in [2.05, 4.69) is 86.7 Å². The average Bonchev–Trinajstić information content (AvgIpc) is 3.19. The van der Waals surface area contributed by atoms with Crippen LogP contribution in [0.4, 0.5) is 0 Å². The molecular weight excluding hydrogens is 485 g/mol. The number of hydrogen-bond donors (Lipinski definition) is 0. The molecule has 0 aromatic heterocycles. The number of carbonyl (C=O) groups excluding carboxylic acids is 1. The van der Waals surface area contributed by atoms with Gasteiger partial charge in [-0.2, -0.15) is 0 Å². The van der Waals surface area contributed by atoms with Crippen molar-refractivity contribution in [3.63, 3.8) is 0 Å². The van der Waals surface area contributed by atoms with Gasteiger partial charge in [0, 0.05) is 0 Å². The summed E-state index contributed by atoms with van der Waals surface area (Å²) >= 11 is -2.76. The Morgan fingerprint density at radius 2 is 1.52 bits per heavy atom. The second-order valence-electron chi connectivity index (χ2n) is 8.89. The first-order chi connectivity index (χ1) is 15.9. The molecule has 2 nitrogen and oxygen atoms in total. The quantitative estimate of drug-likeness (QED) is 0.293. The van der Waals surface area contributed by atoms with Crippen molar-refractivity contribution in [1.29, 1.82) is 0 Å². The van der Waals surface area contributed by atoms with Crippen molar-refractivity contribution in [3.05, 3.63) is 107 Å². The Hall–Kier alpha value is -1.84. The van der Waals surface area contributed by atoms with Crippen LogP contribution in [0, 0.1) is 0 Å². The number of rotatable bonds is 7. The summed E-state index contributed by atoms with van der Waals surface area (Å²) in [5.74, 6) is 0.0965. The summed E-state index contributed by atoms with van der Waals surface area (Å²) in [4.78, 5) is 13.1.